The molecule has 0 atom stereocenters. The smallest absolute Gasteiger partial charge is 0.226 e. The predicted octanol–water partition coefficient (Wildman–Crippen LogP) is 2.20. The minimum absolute atomic E-state index is 0.156. The maximum atomic E-state index is 12.5. The zero-order valence-electron chi connectivity index (χ0n) is 15.6. The number of hydrogen-bond donors (Lipinski definition) is 1. The van der Waals surface area contributed by atoms with Crippen molar-refractivity contribution in [3.63, 3.8) is 0 Å². The minimum atomic E-state index is -0.190. The highest BCUT2D eigenvalue weighted by Gasteiger charge is 2.19. The van der Waals surface area contributed by atoms with Crippen molar-refractivity contribution in [3.05, 3.63) is 36.1 Å². The monoisotopic (exact) mass is 372 g/mol. The third-order valence-electron chi connectivity index (χ3n) is 4.36. The van der Waals surface area contributed by atoms with Gasteiger partial charge in [0.1, 0.15) is 5.76 Å². The van der Waals surface area contributed by atoms with E-state index in [0.29, 0.717) is 24.8 Å². The molecule has 8 nitrogen and oxygen atoms in total. The molecule has 1 saturated heterocycles. The van der Waals surface area contributed by atoms with Gasteiger partial charge in [0.05, 0.1) is 24.6 Å². The van der Waals surface area contributed by atoms with Crippen LogP contribution in [0.5, 0.6) is 0 Å². The zero-order valence-corrected chi connectivity index (χ0v) is 15.6. The second kappa shape index (κ2) is 8.68. The second-order valence-corrected chi connectivity index (χ2v) is 6.38. The van der Waals surface area contributed by atoms with Crippen molar-refractivity contribution >= 4 is 29.0 Å². The van der Waals surface area contributed by atoms with Gasteiger partial charge in [-0.05, 0) is 19.1 Å². The molecule has 2 amide bonds. The molecule has 0 aliphatic carbocycles. The Kier molecular flexibility index (Phi) is 6.08. The van der Waals surface area contributed by atoms with E-state index in [0.717, 1.165) is 24.5 Å². The topological polar surface area (TPSA) is 87.9 Å². The summed E-state index contributed by atoms with van der Waals surface area (Å²) in [6, 6.07) is 9.38. The predicted molar refractivity (Wildman–Crippen MR) is 102 cm³/mol. The van der Waals surface area contributed by atoms with Crippen molar-refractivity contribution in [3.8, 4) is 0 Å². The Balaban J connectivity index is 1.63. The van der Waals surface area contributed by atoms with Crippen LogP contribution in [0.1, 0.15) is 19.1 Å². The van der Waals surface area contributed by atoms with Crippen molar-refractivity contribution in [2.45, 2.75) is 20.3 Å². The molecule has 8 heteroatoms. The molecule has 3 rings (SSSR count). The molecule has 0 unspecified atom stereocenters. The summed E-state index contributed by atoms with van der Waals surface area (Å²) in [7, 11) is 0. The average molecular weight is 372 g/mol. The maximum absolute atomic E-state index is 12.5. The normalized spacial score (nSPS) is 14.1. The number of rotatable bonds is 6. The van der Waals surface area contributed by atoms with E-state index in [2.05, 4.69) is 15.4 Å². The SMILES string of the molecule is CC(=O)N(CCC(=O)Nc1ccccc1N1CCOCC1)c1cc(C)on1. The first kappa shape index (κ1) is 18.9. The number of nitrogens with one attached hydrogen (secondary N) is 1. The summed E-state index contributed by atoms with van der Waals surface area (Å²) in [5.41, 5.74) is 1.74. The number of benzene rings is 1. The number of aromatic nitrogens is 1. The number of nitrogens with zero attached hydrogens (tertiary/aromatic N) is 3. The quantitative estimate of drug-likeness (QED) is 0.836. The molecule has 1 fully saturated rings. The molecule has 0 bridgehead atoms. The van der Waals surface area contributed by atoms with Crippen molar-refractivity contribution < 1.29 is 18.8 Å². The molecule has 144 valence electrons. The molecule has 2 aromatic rings. The highest BCUT2D eigenvalue weighted by atomic mass is 16.5. The fourth-order valence-corrected chi connectivity index (χ4v) is 3.00. The first-order valence-corrected chi connectivity index (χ1v) is 8.97. The van der Waals surface area contributed by atoms with Crippen LogP contribution in [-0.4, -0.2) is 49.8 Å². The van der Waals surface area contributed by atoms with Crippen LogP contribution in [0.2, 0.25) is 0 Å². The van der Waals surface area contributed by atoms with E-state index in [1.807, 2.05) is 24.3 Å². The Morgan fingerprint density at radius 2 is 2.00 bits per heavy atom. The molecule has 2 heterocycles. The molecular formula is C19H24N4O4. The lowest BCUT2D eigenvalue weighted by Gasteiger charge is -2.30. The van der Waals surface area contributed by atoms with E-state index in [1.165, 1.54) is 11.8 Å². The summed E-state index contributed by atoms with van der Waals surface area (Å²) in [6.07, 6.45) is 0.156. The van der Waals surface area contributed by atoms with E-state index in [1.54, 1.807) is 13.0 Å². The summed E-state index contributed by atoms with van der Waals surface area (Å²) in [6.45, 7) is 6.35. The van der Waals surface area contributed by atoms with Crippen LogP contribution in [0.15, 0.2) is 34.9 Å². The van der Waals surface area contributed by atoms with Gasteiger partial charge in [0.2, 0.25) is 11.8 Å². The summed E-state index contributed by atoms with van der Waals surface area (Å²) in [5, 5.41) is 6.81. The van der Waals surface area contributed by atoms with Gasteiger partial charge in [0.25, 0.3) is 0 Å². The van der Waals surface area contributed by atoms with Crippen molar-refractivity contribution in [1.29, 1.82) is 0 Å². The second-order valence-electron chi connectivity index (χ2n) is 6.38. The van der Waals surface area contributed by atoms with E-state index in [-0.39, 0.29) is 24.8 Å². The largest absolute Gasteiger partial charge is 0.378 e. The van der Waals surface area contributed by atoms with Crippen LogP contribution < -0.4 is 15.1 Å². The fraction of sp³-hybridized carbons (Fsp3) is 0.421. The van der Waals surface area contributed by atoms with Crippen LogP contribution in [-0.2, 0) is 14.3 Å². The average Bonchev–Trinajstić information content (AvgIpc) is 3.09. The van der Waals surface area contributed by atoms with E-state index in [4.69, 9.17) is 9.26 Å². The molecule has 1 aliphatic heterocycles. The molecule has 1 aromatic carbocycles. The zero-order chi connectivity index (χ0) is 19.2. The molecule has 0 radical (unpaired) electrons. The maximum Gasteiger partial charge on any atom is 0.226 e. The highest BCUT2D eigenvalue weighted by Crippen LogP contribution is 2.26. The number of hydrogen-bond acceptors (Lipinski definition) is 6. The molecule has 1 aromatic heterocycles. The van der Waals surface area contributed by atoms with Crippen LogP contribution in [0.25, 0.3) is 0 Å². The van der Waals surface area contributed by atoms with Gasteiger partial charge in [-0.1, -0.05) is 17.3 Å². The van der Waals surface area contributed by atoms with E-state index >= 15 is 0 Å². The van der Waals surface area contributed by atoms with Crippen LogP contribution in [0, 0.1) is 6.92 Å². The highest BCUT2D eigenvalue weighted by molar-refractivity contribution is 5.96. The summed E-state index contributed by atoms with van der Waals surface area (Å²) in [4.78, 5) is 28.0. The van der Waals surface area contributed by atoms with Gasteiger partial charge in [-0.15, -0.1) is 0 Å². The van der Waals surface area contributed by atoms with Gasteiger partial charge in [-0.2, -0.15) is 0 Å². The summed E-state index contributed by atoms with van der Waals surface area (Å²) in [5.74, 6) is 0.675. The molecule has 1 N–H and O–H groups in total. The number of carbonyl (C=O) groups is 2. The molecular weight excluding hydrogens is 348 g/mol. The van der Waals surface area contributed by atoms with E-state index in [9.17, 15) is 9.59 Å². The van der Waals surface area contributed by atoms with Gasteiger partial charge in [0.15, 0.2) is 5.82 Å². The number of ether oxygens (including phenoxy) is 1. The van der Waals surface area contributed by atoms with Crippen molar-refractivity contribution in [2.75, 3.05) is 48.0 Å². The number of morpholine rings is 1. The lowest BCUT2D eigenvalue weighted by molar-refractivity contribution is -0.117. The van der Waals surface area contributed by atoms with Gasteiger partial charge in [-0.25, -0.2) is 0 Å². The number of anilines is 3. The van der Waals surface area contributed by atoms with Crippen molar-refractivity contribution in [1.82, 2.24) is 5.16 Å². The third kappa shape index (κ3) is 4.85. The van der Waals surface area contributed by atoms with Crippen LogP contribution in [0.3, 0.4) is 0 Å². The summed E-state index contributed by atoms with van der Waals surface area (Å²) >= 11 is 0. The summed E-state index contributed by atoms with van der Waals surface area (Å²) < 4.78 is 10.4. The van der Waals surface area contributed by atoms with Crippen molar-refractivity contribution in [2.24, 2.45) is 0 Å². The standard InChI is InChI=1S/C19H24N4O4/c1-14-13-18(21-27-14)23(15(2)24)8-7-19(25)20-16-5-3-4-6-17(16)22-9-11-26-12-10-22/h3-6,13H,7-12H2,1-2H3,(H,20,25). The minimum Gasteiger partial charge on any atom is -0.378 e. The van der Waals surface area contributed by atoms with Gasteiger partial charge < -0.3 is 19.5 Å². The molecule has 0 spiro atoms. The first-order valence-electron chi connectivity index (χ1n) is 8.97. The van der Waals surface area contributed by atoms with Gasteiger partial charge >= 0.3 is 0 Å². The number of amides is 2. The lowest BCUT2D eigenvalue weighted by Crippen LogP contribution is -2.37. The molecule has 1 aliphatic rings. The lowest BCUT2D eigenvalue weighted by atomic mass is 10.2. The first-order chi connectivity index (χ1) is 13.0. The van der Waals surface area contributed by atoms with Gasteiger partial charge in [0, 0.05) is 39.0 Å². The number of aryl methyl sites for hydroxylation is 1. The van der Waals surface area contributed by atoms with Crippen LogP contribution in [0.4, 0.5) is 17.2 Å². The molecule has 0 saturated carbocycles. The number of carbonyl (C=O) groups excluding carboxylic acids is 2. The Morgan fingerprint density at radius 3 is 2.67 bits per heavy atom. The van der Waals surface area contributed by atoms with E-state index < -0.39 is 0 Å². The van der Waals surface area contributed by atoms with Gasteiger partial charge in [-0.3, -0.25) is 14.5 Å². The third-order valence-corrected chi connectivity index (χ3v) is 4.36. The Morgan fingerprint density at radius 1 is 1.26 bits per heavy atom. The molecule has 27 heavy (non-hydrogen) atoms. The fourth-order valence-electron chi connectivity index (χ4n) is 3.00. The van der Waals surface area contributed by atoms with Crippen LogP contribution >= 0.6 is 0 Å². The Bertz CT molecular complexity index is 799. The Hall–Kier alpha value is -2.87. The number of para-hydroxylation sites is 2. The Labute approximate surface area is 158 Å².